The number of hydrogen-bond acceptors (Lipinski definition) is 2. The van der Waals surface area contributed by atoms with Gasteiger partial charge in [-0.15, -0.1) is 0 Å². The van der Waals surface area contributed by atoms with Gasteiger partial charge in [0.1, 0.15) is 5.60 Å². The Morgan fingerprint density at radius 2 is 1.50 bits per heavy atom. The fraction of sp³-hybridized carbons (Fsp3) is 0.273. The molecule has 2 nitrogen and oxygen atoms in total. The van der Waals surface area contributed by atoms with Crippen LogP contribution in [0.2, 0.25) is 0 Å². The van der Waals surface area contributed by atoms with Crippen LogP contribution in [-0.2, 0) is 5.60 Å². The van der Waals surface area contributed by atoms with Crippen LogP contribution in [0.1, 0.15) is 31.4 Å². The van der Waals surface area contributed by atoms with E-state index in [4.69, 9.17) is 0 Å². The molecule has 0 saturated carbocycles. The molecule has 0 bridgehead atoms. The molecule has 0 spiro atoms. The van der Waals surface area contributed by atoms with E-state index >= 15 is 0 Å². The van der Waals surface area contributed by atoms with Crippen LogP contribution in [0, 0.1) is 0 Å². The normalized spacial score (nSPS) is 13.6. The van der Waals surface area contributed by atoms with Gasteiger partial charge in [-0.3, -0.25) is 0 Å². The van der Waals surface area contributed by atoms with Gasteiger partial charge in [0.05, 0.1) is 0 Å². The van der Waals surface area contributed by atoms with Crippen LogP contribution >= 0.6 is 0 Å². The minimum atomic E-state index is -1.05. The van der Waals surface area contributed by atoms with Crippen molar-refractivity contribution < 1.29 is 5.11 Å². The first-order valence-electron chi connectivity index (χ1n) is 8.57. The lowest BCUT2D eigenvalue weighted by Crippen LogP contribution is -2.42. The van der Waals surface area contributed by atoms with E-state index in [2.05, 4.69) is 18.3 Å². The summed E-state index contributed by atoms with van der Waals surface area (Å²) in [4.78, 5) is 0. The predicted molar refractivity (Wildman–Crippen MR) is 102 cm³/mol. The number of allylic oxidation sites excluding steroid dienone is 3. The van der Waals surface area contributed by atoms with Crippen molar-refractivity contribution in [3.05, 3.63) is 96.1 Å². The fourth-order valence-corrected chi connectivity index (χ4v) is 2.74. The molecule has 0 fully saturated rings. The van der Waals surface area contributed by atoms with Gasteiger partial charge in [0.15, 0.2) is 0 Å². The summed E-state index contributed by atoms with van der Waals surface area (Å²) in [6.45, 7) is 4.60. The minimum Gasteiger partial charge on any atom is -0.379 e. The van der Waals surface area contributed by atoms with Crippen molar-refractivity contribution in [2.45, 2.75) is 31.9 Å². The molecule has 2 heteroatoms. The van der Waals surface area contributed by atoms with Gasteiger partial charge in [-0.1, -0.05) is 91.9 Å². The molecular formula is C22H27NO. The van der Waals surface area contributed by atoms with Gasteiger partial charge in [0.2, 0.25) is 0 Å². The maximum Gasteiger partial charge on any atom is 0.127 e. The van der Waals surface area contributed by atoms with Gasteiger partial charge in [-0.05, 0) is 24.5 Å². The van der Waals surface area contributed by atoms with Crippen molar-refractivity contribution in [3.8, 4) is 0 Å². The molecular weight excluding hydrogens is 294 g/mol. The molecule has 0 radical (unpaired) electrons. The Morgan fingerprint density at radius 1 is 0.958 bits per heavy atom. The van der Waals surface area contributed by atoms with Crippen molar-refractivity contribution in [2.75, 3.05) is 6.54 Å². The largest absolute Gasteiger partial charge is 0.379 e. The molecule has 0 aromatic heterocycles. The summed E-state index contributed by atoms with van der Waals surface area (Å²) in [5.74, 6) is 0. The number of rotatable bonds is 8. The second kappa shape index (κ2) is 9.21. The molecule has 1 atom stereocenters. The molecule has 0 aliphatic carbocycles. The van der Waals surface area contributed by atoms with Gasteiger partial charge in [0, 0.05) is 12.6 Å². The zero-order valence-corrected chi connectivity index (χ0v) is 14.5. The molecule has 2 aromatic rings. The highest BCUT2D eigenvalue weighted by Crippen LogP contribution is 2.29. The van der Waals surface area contributed by atoms with E-state index in [-0.39, 0.29) is 6.04 Å². The molecule has 24 heavy (non-hydrogen) atoms. The maximum atomic E-state index is 11.5. The van der Waals surface area contributed by atoms with Crippen molar-refractivity contribution in [2.24, 2.45) is 0 Å². The Morgan fingerprint density at radius 3 is 1.96 bits per heavy atom. The van der Waals surface area contributed by atoms with Crippen LogP contribution in [0.25, 0.3) is 0 Å². The lowest BCUT2D eigenvalue weighted by Gasteiger charge is -2.31. The maximum absolute atomic E-state index is 11.5. The van der Waals surface area contributed by atoms with Crippen LogP contribution < -0.4 is 5.32 Å². The second-order valence-corrected chi connectivity index (χ2v) is 5.90. The molecule has 0 amide bonds. The zero-order chi connectivity index (χ0) is 17.3. The fourth-order valence-electron chi connectivity index (χ4n) is 2.74. The summed E-state index contributed by atoms with van der Waals surface area (Å²) in [5, 5.41) is 15.0. The summed E-state index contributed by atoms with van der Waals surface area (Å²) in [7, 11) is 0. The third-order valence-electron chi connectivity index (χ3n) is 4.21. The second-order valence-electron chi connectivity index (χ2n) is 5.90. The molecule has 126 valence electrons. The van der Waals surface area contributed by atoms with E-state index in [1.165, 1.54) is 0 Å². The summed E-state index contributed by atoms with van der Waals surface area (Å²) < 4.78 is 0. The molecule has 2 aromatic carbocycles. The Labute approximate surface area is 145 Å². The van der Waals surface area contributed by atoms with Gasteiger partial charge < -0.3 is 10.4 Å². The molecule has 2 rings (SSSR count). The van der Waals surface area contributed by atoms with E-state index in [0.29, 0.717) is 6.54 Å². The van der Waals surface area contributed by atoms with Gasteiger partial charge in [-0.25, -0.2) is 0 Å². The van der Waals surface area contributed by atoms with Crippen LogP contribution in [0.15, 0.2) is 85.0 Å². The number of hydrogen-bond donors (Lipinski definition) is 2. The number of nitrogens with one attached hydrogen (secondary N) is 1. The summed E-state index contributed by atoms with van der Waals surface area (Å²) in [6.07, 6.45) is 9.17. The van der Waals surface area contributed by atoms with Crippen molar-refractivity contribution in [1.29, 1.82) is 0 Å². The minimum absolute atomic E-state index is 0.222. The lowest BCUT2D eigenvalue weighted by atomic mass is 9.86. The van der Waals surface area contributed by atoms with Crippen LogP contribution in [-0.4, -0.2) is 17.7 Å². The standard InChI is InChI=1S/C22H27NO/c1-3-5-8-17-21(4-2)23-18-22(24,19-13-9-6-10-14-19)20-15-11-7-12-16-20/h3,5-17,21,23-24H,4,18H2,1-2H3/b5-3+,17-8+/t21-/m0/s1. The molecule has 0 heterocycles. The summed E-state index contributed by atoms with van der Waals surface area (Å²) in [6, 6.07) is 19.9. The molecule has 0 unspecified atom stereocenters. The molecule has 0 aliphatic rings. The monoisotopic (exact) mass is 321 g/mol. The van der Waals surface area contributed by atoms with Gasteiger partial charge >= 0.3 is 0 Å². The Balaban J connectivity index is 2.24. The van der Waals surface area contributed by atoms with Crippen molar-refractivity contribution >= 4 is 0 Å². The molecule has 0 aliphatic heterocycles. The highest BCUT2D eigenvalue weighted by Gasteiger charge is 2.31. The number of benzene rings is 2. The topological polar surface area (TPSA) is 32.3 Å². The predicted octanol–water partition coefficient (Wildman–Crippen LogP) is 4.42. The van der Waals surface area contributed by atoms with E-state index in [1.54, 1.807) is 0 Å². The number of aliphatic hydroxyl groups is 1. The van der Waals surface area contributed by atoms with Crippen LogP contribution in [0.5, 0.6) is 0 Å². The third kappa shape index (κ3) is 4.67. The van der Waals surface area contributed by atoms with Crippen molar-refractivity contribution in [1.82, 2.24) is 5.32 Å². The van der Waals surface area contributed by atoms with E-state index in [1.807, 2.05) is 85.8 Å². The van der Waals surface area contributed by atoms with Gasteiger partial charge in [0.25, 0.3) is 0 Å². The highest BCUT2D eigenvalue weighted by molar-refractivity contribution is 5.36. The molecule has 0 saturated heterocycles. The van der Waals surface area contributed by atoms with E-state index in [0.717, 1.165) is 17.5 Å². The average molecular weight is 321 g/mol. The lowest BCUT2D eigenvalue weighted by molar-refractivity contribution is 0.0780. The Hall–Kier alpha value is -2.16. The Kier molecular flexibility index (Phi) is 6.98. The van der Waals surface area contributed by atoms with Crippen LogP contribution in [0.4, 0.5) is 0 Å². The SMILES string of the molecule is C/C=C/C=C/[C@H](CC)NCC(O)(c1ccccc1)c1ccccc1. The Bertz CT molecular complexity index is 607. The summed E-state index contributed by atoms with van der Waals surface area (Å²) >= 11 is 0. The smallest absolute Gasteiger partial charge is 0.127 e. The van der Waals surface area contributed by atoms with Crippen molar-refractivity contribution in [3.63, 3.8) is 0 Å². The van der Waals surface area contributed by atoms with Gasteiger partial charge in [-0.2, -0.15) is 0 Å². The third-order valence-corrected chi connectivity index (χ3v) is 4.21. The van der Waals surface area contributed by atoms with E-state index in [9.17, 15) is 5.11 Å². The zero-order valence-electron chi connectivity index (χ0n) is 14.5. The highest BCUT2D eigenvalue weighted by atomic mass is 16.3. The van der Waals surface area contributed by atoms with Crippen LogP contribution in [0.3, 0.4) is 0 Å². The first-order chi connectivity index (χ1) is 11.7. The van der Waals surface area contributed by atoms with E-state index < -0.39 is 5.60 Å². The first kappa shape index (κ1) is 18.2. The average Bonchev–Trinajstić information content (AvgIpc) is 2.65. The first-order valence-corrected chi connectivity index (χ1v) is 8.57. The summed E-state index contributed by atoms with van der Waals surface area (Å²) in [5.41, 5.74) is 0.747. The quantitative estimate of drug-likeness (QED) is 0.705. The molecule has 2 N–H and O–H groups in total.